The first-order valence-corrected chi connectivity index (χ1v) is 8.39. The van der Waals surface area contributed by atoms with Crippen LogP contribution in [0.2, 0.25) is 5.15 Å². The highest BCUT2D eigenvalue weighted by Gasteiger charge is 2.18. The summed E-state index contributed by atoms with van der Waals surface area (Å²) < 4.78 is 15.5. The molecule has 3 rings (SSSR count). The number of nitrogens with zero attached hydrogens (tertiary/aromatic N) is 1. The molecule has 0 amide bonds. The van der Waals surface area contributed by atoms with Crippen LogP contribution in [0.5, 0.6) is 11.5 Å². The normalized spacial score (nSPS) is 10.5. The maximum atomic E-state index is 12.5. The third-order valence-electron chi connectivity index (χ3n) is 3.95. The van der Waals surface area contributed by atoms with Gasteiger partial charge >= 0.3 is 5.97 Å². The van der Waals surface area contributed by atoms with Crippen molar-refractivity contribution in [2.75, 3.05) is 20.8 Å². The van der Waals surface area contributed by atoms with Gasteiger partial charge in [0.1, 0.15) is 16.7 Å². The van der Waals surface area contributed by atoms with E-state index in [-0.39, 0.29) is 16.3 Å². The van der Waals surface area contributed by atoms with Crippen LogP contribution in [0.25, 0.3) is 10.9 Å². The molecule has 0 atom stereocenters. The minimum atomic E-state index is -0.661. The molecule has 1 heterocycles. The first kappa shape index (κ1) is 18.7. The van der Waals surface area contributed by atoms with Gasteiger partial charge in [0.15, 0.2) is 6.61 Å². The number of hydrogen-bond donors (Lipinski definition) is 0. The predicted molar refractivity (Wildman–Crippen MR) is 101 cm³/mol. The first-order chi connectivity index (χ1) is 13.0. The molecule has 138 valence electrons. The Balaban J connectivity index is 1.82. The van der Waals surface area contributed by atoms with Crippen LogP contribution in [0.1, 0.15) is 20.7 Å². The highest BCUT2D eigenvalue weighted by Crippen LogP contribution is 2.25. The second-order valence-electron chi connectivity index (χ2n) is 5.58. The first-order valence-electron chi connectivity index (χ1n) is 8.01. The van der Waals surface area contributed by atoms with Crippen molar-refractivity contribution in [1.29, 1.82) is 0 Å². The maximum Gasteiger partial charge on any atom is 0.339 e. The van der Waals surface area contributed by atoms with Gasteiger partial charge in [0, 0.05) is 5.39 Å². The number of halogens is 1. The monoisotopic (exact) mass is 385 g/mol. The van der Waals surface area contributed by atoms with Crippen LogP contribution in [0.4, 0.5) is 0 Å². The molecule has 0 N–H and O–H groups in total. The fourth-order valence-corrected chi connectivity index (χ4v) is 2.83. The van der Waals surface area contributed by atoms with E-state index < -0.39 is 18.4 Å². The molecule has 0 radical (unpaired) electrons. The Labute approximate surface area is 160 Å². The molecule has 0 saturated carbocycles. The number of ether oxygens (including phenoxy) is 3. The number of para-hydroxylation sites is 1. The number of aromatic nitrogens is 1. The van der Waals surface area contributed by atoms with Crippen LogP contribution in [-0.4, -0.2) is 37.6 Å². The second kappa shape index (κ2) is 8.05. The van der Waals surface area contributed by atoms with Crippen molar-refractivity contribution in [3.63, 3.8) is 0 Å². The zero-order valence-corrected chi connectivity index (χ0v) is 15.4. The molecular weight excluding hydrogens is 370 g/mol. The lowest BCUT2D eigenvalue weighted by molar-refractivity contribution is 0.0476. The Morgan fingerprint density at radius 2 is 1.78 bits per heavy atom. The summed E-state index contributed by atoms with van der Waals surface area (Å²) in [6.45, 7) is -0.448. The van der Waals surface area contributed by atoms with E-state index in [2.05, 4.69) is 4.98 Å². The van der Waals surface area contributed by atoms with Gasteiger partial charge in [-0.15, -0.1) is 0 Å². The van der Waals surface area contributed by atoms with Gasteiger partial charge in [0.05, 0.1) is 30.9 Å². The van der Waals surface area contributed by atoms with Crippen LogP contribution in [0.15, 0.2) is 48.5 Å². The zero-order valence-electron chi connectivity index (χ0n) is 14.7. The number of esters is 1. The van der Waals surface area contributed by atoms with Crippen molar-refractivity contribution in [1.82, 2.24) is 4.98 Å². The quantitative estimate of drug-likeness (QED) is 0.363. The third-order valence-corrected chi connectivity index (χ3v) is 4.14. The van der Waals surface area contributed by atoms with Gasteiger partial charge in [0.2, 0.25) is 5.78 Å². The van der Waals surface area contributed by atoms with E-state index in [0.29, 0.717) is 22.4 Å². The van der Waals surface area contributed by atoms with Crippen molar-refractivity contribution >= 4 is 34.3 Å². The van der Waals surface area contributed by atoms with E-state index in [9.17, 15) is 9.59 Å². The number of rotatable bonds is 6. The molecule has 0 aliphatic rings. The molecule has 6 nitrogen and oxygen atoms in total. The Morgan fingerprint density at radius 1 is 1.00 bits per heavy atom. The topological polar surface area (TPSA) is 74.7 Å². The summed E-state index contributed by atoms with van der Waals surface area (Å²) in [4.78, 5) is 29.2. The lowest BCUT2D eigenvalue weighted by Gasteiger charge is -2.11. The zero-order chi connectivity index (χ0) is 19.4. The van der Waals surface area contributed by atoms with Crippen LogP contribution >= 0.6 is 11.6 Å². The van der Waals surface area contributed by atoms with Crippen molar-refractivity contribution in [2.24, 2.45) is 0 Å². The van der Waals surface area contributed by atoms with Gasteiger partial charge in [-0.1, -0.05) is 29.8 Å². The van der Waals surface area contributed by atoms with Crippen LogP contribution in [0, 0.1) is 0 Å². The van der Waals surface area contributed by atoms with Gasteiger partial charge in [-0.3, -0.25) is 4.79 Å². The Morgan fingerprint density at radius 3 is 2.52 bits per heavy atom. The molecular formula is C20H16ClNO5. The summed E-state index contributed by atoms with van der Waals surface area (Å²) in [6.07, 6.45) is 0. The highest BCUT2D eigenvalue weighted by atomic mass is 35.5. The molecule has 3 aromatic rings. The van der Waals surface area contributed by atoms with Crippen LogP contribution < -0.4 is 9.47 Å². The molecule has 0 saturated heterocycles. The van der Waals surface area contributed by atoms with Gasteiger partial charge in [0.25, 0.3) is 0 Å². The molecule has 7 heteroatoms. The third kappa shape index (κ3) is 4.01. The fourth-order valence-electron chi connectivity index (χ4n) is 2.63. The number of ketones is 1. The Kier molecular flexibility index (Phi) is 5.57. The standard InChI is InChI=1S/C20H16ClNO5/c1-25-12-7-8-18(26-2)15(9-12)17(23)11-27-20(24)14-10-19(21)22-16-6-4-3-5-13(14)16/h3-10H,11H2,1-2H3. The number of carbonyl (C=O) groups excluding carboxylic acids is 2. The van der Waals surface area contributed by atoms with Crippen molar-refractivity contribution in [3.8, 4) is 11.5 Å². The maximum absolute atomic E-state index is 12.5. The van der Waals surface area contributed by atoms with Crippen LogP contribution in [-0.2, 0) is 4.74 Å². The number of hydrogen-bond acceptors (Lipinski definition) is 6. The summed E-state index contributed by atoms with van der Waals surface area (Å²) in [5, 5.41) is 0.764. The van der Waals surface area contributed by atoms with E-state index in [1.54, 1.807) is 36.4 Å². The summed E-state index contributed by atoms with van der Waals surface area (Å²) in [7, 11) is 2.95. The average Bonchev–Trinajstić information content (AvgIpc) is 2.70. The SMILES string of the molecule is COc1ccc(OC)c(C(=O)COC(=O)c2cc(Cl)nc3ccccc23)c1. The molecule has 0 aliphatic heterocycles. The van der Waals surface area contributed by atoms with Gasteiger partial charge < -0.3 is 14.2 Å². The van der Waals surface area contributed by atoms with Gasteiger partial charge in [-0.2, -0.15) is 0 Å². The number of benzene rings is 2. The highest BCUT2D eigenvalue weighted by molar-refractivity contribution is 6.30. The lowest BCUT2D eigenvalue weighted by atomic mass is 10.1. The molecule has 1 aromatic heterocycles. The second-order valence-corrected chi connectivity index (χ2v) is 5.96. The molecule has 27 heavy (non-hydrogen) atoms. The van der Waals surface area contributed by atoms with E-state index in [1.165, 1.54) is 26.4 Å². The molecule has 2 aromatic carbocycles. The molecule has 0 fully saturated rings. The summed E-state index contributed by atoms with van der Waals surface area (Å²) in [6, 6.07) is 13.3. The summed E-state index contributed by atoms with van der Waals surface area (Å²) >= 11 is 5.98. The van der Waals surface area contributed by atoms with E-state index >= 15 is 0 Å². The molecule has 0 bridgehead atoms. The van der Waals surface area contributed by atoms with E-state index in [1.807, 2.05) is 0 Å². The number of carbonyl (C=O) groups is 2. The van der Waals surface area contributed by atoms with E-state index in [0.717, 1.165) is 0 Å². The lowest BCUT2D eigenvalue weighted by Crippen LogP contribution is -2.15. The molecule has 0 unspecified atom stereocenters. The van der Waals surface area contributed by atoms with Crippen molar-refractivity contribution < 1.29 is 23.8 Å². The number of pyridine rings is 1. The van der Waals surface area contributed by atoms with Crippen molar-refractivity contribution in [2.45, 2.75) is 0 Å². The van der Waals surface area contributed by atoms with Gasteiger partial charge in [-0.25, -0.2) is 9.78 Å². The number of Topliss-reactive ketones (excluding diaryl/α,β-unsaturated/α-hetero) is 1. The summed E-state index contributed by atoms with van der Waals surface area (Å²) in [5.74, 6) is -0.207. The largest absolute Gasteiger partial charge is 0.497 e. The predicted octanol–water partition coefficient (Wildman–Crippen LogP) is 3.95. The fraction of sp³-hybridized carbons (Fsp3) is 0.150. The minimum Gasteiger partial charge on any atom is -0.497 e. The Bertz CT molecular complexity index is 1020. The smallest absolute Gasteiger partial charge is 0.339 e. The number of methoxy groups -OCH3 is 2. The Hall–Kier alpha value is -3.12. The molecule has 0 aliphatic carbocycles. The molecule has 0 spiro atoms. The minimum absolute atomic E-state index is 0.168. The number of fused-ring (bicyclic) bond motifs is 1. The summed E-state index contributed by atoms with van der Waals surface area (Å²) in [5.41, 5.74) is 1.08. The van der Waals surface area contributed by atoms with Gasteiger partial charge in [-0.05, 0) is 30.3 Å². The average molecular weight is 386 g/mol. The van der Waals surface area contributed by atoms with E-state index in [4.69, 9.17) is 25.8 Å². The van der Waals surface area contributed by atoms with Crippen LogP contribution in [0.3, 0.4) is 0 Å². The van der Waals surface area contributed by atoms with Crippen molar-refractivity contribution in [3.05, 3.63) is 64.8 Å².